The number of hydrogen-bond acceptors (Lipinski definition) is 3. The average molecular weight is 375 g/mol. The molecule has 0 spiro atoms. The van der Waals surface area contributed by atoms with Crippen molar-refractivity contribution in [1.29, 1.82) is 0 Å². The van der Waals surface area contributed by atoms with Gasteiger partial charge in [-0.25, -0.2) is 4.68 Å². The molecule has 0 saturated heterocycles. The normalized spacial score (nSPS) is 17.9. The van der Waals surface area contributed by atoms with Gasteiger partial charge in [-0.2, -0.15) is 5.10 Å². The van der Waals surface area contributed by atoms with Crippen molar-refractivity contribution in [2.75, 3.05) is 0 Å². The minimum absolute atomic E-state index is 0.0334. The van der Waals surface area contributed by atoms with E-state index in [4.69, 9.17) is 0 Å². The predicted molar refractivity (Wildman–Crippen MR) is 110 cm³/mol. The molecule has 1 aromatic heterocycles. The van der Waals surface area contributed by atoms with E-state index in [2.05, 4.69) is 36.4 Å². The third-order valence-electron chi connectivity index (χ3n) is 5.80. The van der Waals surface area contributed by atoms with Crippen LogP contribution in [-0.4, -0.2) is 15.7 Å². The van der Waals surface area contributed by atoms with Gasteiger partial charge in [-0.3, -0.25) is 9.59 Å². The number of nitrogens with zero attached hydrogens (tertiary/aromatic N) is 2. The summed E-state index contributed by atoms with van der Waals surface area (Å²) in [7, 11) is 0. The zero-order valence-electron chi connectivity index (χ0n) is 16.5. The fraction of sp³-hybridized carbons (Fsp3) is 0.348. The number of aromatic nitrogens is 2. The lowest BCUT2D eigenvalue weighted by atomic mass is 9.71. The van der Waals surface area contributed by atoms with E-state index in [9.17, 15) is 9.59 Å². The van der Waals surface area contributed by atoms with Crippen LogP contribution in [0.4, 0.5) is 0 Å². The molecule has 0 fully saturated rings. The second kappa shape index (κ2) is 6.89. The largest absolute Gasteiger partial charge is 0.348 e. The van der Waals surface area contributed by atoms with Gasteiger partial charge in [0.25, 0.3) is 5.56 Å². The lowest BCUT2D eigenvalue weighted by molar-refractivity contribution is -0.122. The Morgan fingerprint density at radius 2 is 1.82 bits per heavy atom. The number of nitrogens with one attached hydrogen (secondary N) is 1. The molecule has 1 unspecified atom stereocenters. The highest BCUT2D eigenvalue weighted by Gasteiger charge is 2.32. The summed E-state index contributed by atoms with van der Waals surface area (Å²) in [5.74, 6) is -0.191. The summed E-state index contributed by atoms with van der Waals surface area (Å²) in [6.45, 7) is 6.26. The Morgan fingerprint density at radius 3 is 2.61 bits per heavy atom. The molecule has 0 saturated carbocycles. The van der Waals surface area contributed by atoms with Crippen molar-refractivity contribution in [3.63, 3.8) is 0 Å². The lowest BCUT2D eigenvalue weighted by Gasteiger charge is -2.37. The van der Waals surface area contributed by atoms with Crippen LogP contribution >= 0.6 is 0 Å². The summed E-state index contributed by atoms with van der Waals surface area (Å²) in [6, 6.07) is 15.6. The molecule has 144 valence electrons. The summed E-state index contributed by atoms with van der Waals surface area (Å²) in [4.78, 5) is 25.5. The van der Waals surface area contributed by atoms with Crippen molar-refractivity contribution in [2.45, 2.75) is 51.6 Å². The first-order chi connectivity index (χ1) is 13.4. The fourth-order valence-corrected chi connectivity index (χ4v) is 4.25. The van der Waals surface area contributed by atoms with E-state index in [-0.39, 0.29) is 29.5 Å². The van der Waals surface area contributed by atoms with Crippen molar-refractivity contribution in [3.05, 3.63) is 75.7 Å². The molecule has 0 bridgehead atoms. The number of aryl methyl sites for hydroxylation is 1. The monoisotopic (exact) mass is 375 g/mol. The third-order valence-corrected chi connectivity index (χ3v) is 5.80. The number of rotatable bonds is 3. The van der Waals surface area contributed by atoms with Crippen molar-refractivity contribution < 1.29 is 4.79 Å². The van der Waals surface area contributed by atoms with Crippen molar-refractivity contribution in [2.24, 2.45) is 0 Å². The highest BCUT2D eigenvalue weighted by molar-refractivity contribution is 5.83. The molecule has 5 heteroatoms. The highest BCUT2D eigenvalue weighted by Crippen LogP contribution is 2.41. The van der Waals surface area contributed by atoms with Crippen LogP contribution in [0.5, 0.6) is 0 Å². The summed E-state index contributed by atoms with van der Waals surface area (Å²) in [5, 5.41) is 8.88. The van der Waals surface area contributed by atoms with Crippen LogP contribution in [-0.2, 0) is 16.8 Å². The maximum Gasteiger partial charge on any atom is 0.275 e. The van der Waals surface area contributed by atoms with Gasteiger partial charge in [0, 0.05) is 5.39 Å². The highest BCUT2D eigenvalue weighted by atomic mass is 16.2. The summed E-state index contributed by atoms with van der Waals surface area (Å²) in [5.41, 5.74) is 3.06. The minimum atomic E-state index is -0.235. The summed E-state index contributed by atoms with van der Waals surface area (Å²) in [6.07, 6.45) is 1.89. The van der Waals surface area contributed by atoms with Crippen LogP contribution in [0.3, 0.4) is 0 Å². The predicted octanol–water partition coefficient (Wildman–Crippen LogP) is 3.63. The molecule has 1 amide bonds. The molecule has 1 aliphatic carbocycles. The molecular weight excluding hydrogens is 350 g/mol. The first kappa shape index (κ1) is 18.4. The molecule has 3 aromatic rings. The Kier molecular flexibility index (Phi) is 4.53. The number of carbonyl (C=O) groups is 1. The van der Waals surface area contributed by atoms with Gasteiger partial charge in [0.05, 0.1) is 17.1 Å². The van der Waals surface area contributed by atoms with Gasteiger partial charge in [-0.15, -0.1) is 0 Å². The molecule has 5 nitrogen and oxygen atoms in total. The molecular formula is C23H25N3O2. The van der Waals surface area contributed by atoms with Gasteiger partial charge in [0.1, 0.15) is 6.54 Å². The van der Waals surface area contributed by atoms with Gasteiger partial charge in [-0.1, -0.05) is 56.3 Å². The van der Waals surface area contributed by atoms with E-state index in [0.717, 1.165) is 23.9 Å². The molecule has 1 heterocycles. The molecule has 1 aliphatic rings. The number of amides is 1. The second-order valence-electron chi connectivity index (χ2n) is 8.22. The van der Waals surface area contributed by atoms with Gasteiger partial charge < -0.3 is 5.32 Å². The van der Waals surface area contributed by atoms with Crippen LogP contribution in [0.2, 0.25) is 0 Å². The Balaban J connectivity index is 1.59. The van der Waals surface area contributed by atoms with E-state index in [0.29, 0.717) is 5.39 Å². The van der Waals surface area contributed by atoms with Gasteiger partial charge in [0.15, 0.2) is 0 Å². The molecule has 4 rings (SSSR count). The Bertz CT molecular complexity index is 1110. The maximum absolute atomic E-state index is 12.7. The van der Waals surface area contributed by atoms with Gasteiger partial charge in [0.2, 0.25) is 5.91 Å². The number of fused-ring (bicyclic) bond motifs is 2. The summed E-state index contributed by atoms with van der Waals surface area (Å²) >= 11 is 0. The first-order valence-electron chi connectivity index (χ1n) is 9.72. The number of hydrogen-bond donors (Lipinski definition) is 1. The quantitative estimate of drug-likeness (QED) is 0.760. The Labute approximate surface area is 164 Å². The molecule has 28 heavy (non-hydrogen) atoms. The van der Waals surface area contributed by atoms with E-state index in [1.54, 1.807) is 6.07 Å². The SMILES string of the molecule is Cc1nn(CC(=O)NC2CCC(C)(C)c3ccccc32)c(=O)c2ccccc12. The minimum Gasteiger partial charge on any atom is -0.348 e. The molecule has 0 aliphatic heterocycles. The molecule has 0 radical (unpaired) electrons. The standard InChI is InChI=1S/C23H25N3O2/c1-15-16-8-4-5-9-17(16)22(28)26(25-15)14-21(27)24-20-12-13-23(2,3)19-11-7-6-10-18(19)20/h4-11,20H,12-14H2,1-3H3,(H,24,27). The smallest absolute Gasteiger partial charge is 0.275 e. The maximum atomic E-state index is 12.7. The van der Waals surface area contributed by atoms with Crippen LogP contribution in [0.15, 0.2) is 53.3 Å². The number of carbonyl (C=O) groups excluding carboxylic acids is 1. The van der Waals surface area contributed by atoms with Crippen LogP contribution in [0.25, 0.3) is 10.8 Å². The summed E-state index contributed by atoms with van der Waals surface area (Å²) < 4.78 is 1.27. The fourth-order valence-electron chi connectivity index (χ4n) is 4.25. The van der Waals surface area contributed by atoms with Crippen molar-refractivity contribution >= 4 is 16.7 Å². The molecule has 1 N–H and O–H groups in total. The van der Waals surface area contributed by atoms with E-state index >= 15 is 0 Å². The third kappa shape index (κ3) is 3.21. The van der Waals surface area contributed by atoms with Crippen molar-refractivity contribution in [3.8, 4) is 0 Å². The lowest BCUT2D eigenvalue weighted by Crippen LogP contribution is -2.39. The zero-order valence-corrected chi connectivity index (χ0v) is 16.5. The zero-order chi connectivity index (χ0) is 19.9. The average Bonchev–Trinajstić information content (AvgIpc) is 2.68. The molecule has 2 aromatic carbocycles. The number of benzene rings is 2. The van der Waals surface area contributed by atoms with E-state index in [1.165, 1.54) is 15.8 Å². The van der Waals surface area contributed by atoms with Crippen LogP contribution in [0, 0.1) is 6.92 Å². The van der Waals surface area contributed by atoms with Crippen LogP contribution in [0.1, 0.15) is 49.6 Å². The van der Waals surface area contributed by atoms with Gasteiger partial charge >= 0.3 is 0 Å². The Hall–Kier alpha value is -2.95. The van der Waals surface area contributed by atoms with Crippen LogP contribution < -0.4 is 10.9 Å². The Morgan fingerprint density at radius 1 is 1.14 bits per heavy atom. The first-order valence-corrected chi connectivity index (χ1v) is 9.72. The van der Waals surface area contributed by atoms with E-state index in [1.807, 2.05) is 37.3 Å². The van der Waals surface area contributed by atoms with Crippen molar-refractivity contribution in [1.82, 2.24) is 15.1 Å². The topological polar surface area (TPSA) is 64.0 Å². The molecule has 1 atom stereocenters. The second-order valence-corrected chi connectivity index (χ2v) is 8.22. The van der Waals surface area contributed by atoms with E-state index < -0.39 is 0 Å². The van der Waals surface area contributed by atoms with Gasteiger partial charge in [-0.05, 0) is 42.4 Å².